The van der Waals surface area contributed by atoms with Gasteiger partial charge in [-0.05, 0) is 28.1 Å². The third kappa shape index (κ3) is 2.49. The first-order valence-electron chi connectivity index (χ1n) is 5.89. The molecule has 0 aliphatic rings. The van der Waals surface area contributed by atoms with E-state index in [1.54, 1.807) is 18.2 Å². The number of aromatic amines is 1. The normalized spacial score (nSPS) is 10.9. The Morgan fingerprint density at radius 2 is 2.09 bits per heavy atom. The van der Waals surface area contributed by atoms with Gasteiger partial charge in [-0.3, -0.25) is 0 Å². The molecule has 0 saturated carbocycles. The summed E-state index contributed by atoms with van der Waals surface area (Å²) in [4.78, 5) is 20.3. The predicted octanol–water partition coefficient (Wildman–Crippen LogP) is 2.67. The summed E-state index contributed by atoms with van der Waals surface area (Å²) in [6.45, 7) is 0. The Morgan fingerprint density at radius 3 is 2.86 bits per heavy atom. The number of nitrogen functional groups attached to an aromatic ring is 1. The average Bonchev–Trinajstić information content (AvgIpc) is 2.86. The van der Waals surface area contributed by atoms with Crippen molar-refractivity contribution in [3.63, 3.8) is 0 Å². The summed E-state index contributed by atoms with van der Waals surface area (Å²) in [5.74, 6) is 0.307. The van der Waals surface area contributed by atoms with Crippen molar-refractivity contribution >= 4 is 44.9 Å². The van der Waals surface area contributed by atoms with Crippen molar-refractivity contribution < 1.29 is 0 Å². The molecular formula is C12H7BrCl2N6O. The Bertz CT molecular complexity index is 922. The van der Waals surface area contributed by atoms with Crippen molar-refractivity contribution in [2.75, 3.05) is 5.73 Å². The van der Waals surface area contributed by atoms with E-state index in [1.165, 1.54) is 10.8 Å². The molecule has 0 aliphatic heterocycles. The molecule has 3 N–H and O–H groups in total. The van der Waals surface area contributed by atoms with Crippen molar-refractivity contribution in [3.05, 3.63) is 49.5 Å². The minimum absolute atomic E-state index is 0.126. The zero-order chi connectivity index (χ0) is 15.9. The van der Waals surface area contributed by atoms with E-state index < -0.39 is 5.69 Å². The number of aromatic nitrogens is 5. The minimum Gasteiger partial charge on any atom is -0.382 e. The lowest BCUT2D eigenvalue weighted by molar-refractivity contribution is 0.981. The summed E-state index contributed by atoms with van der Waals surface area (Å²) < 4.78 is 1.69. The number of hydrogen-bond acceptors (Lipinski definition) is 5. The molecule has 1 aromatic carbocycles. The number of nitrogens with zero attached hydrogens (tertiary/aromatic N) is 4. The number of anilines is 1. The zero-order valence-electron chi connectivity index (χ0n) is 10.7. The van der Waals surface area contributed by atoms with E-state index >= 15 is 0 Å². The summed E-state index contributed by atoms with van der Waals surface area (Å²) in [6, 6.07) is 4.92. The lowest BCUT2D eigenvalue weighted by Gasteiger charge is -2.09. The third-order valence-corrected chi connectivity index (χ3v) is 4.02. The van der Waals surface area contributed by atoms with Crippen LogP contribution in [0.25, 0.3) is 17.2 Å². The van der Waals surface area contributed by atoms with Crippen molar-refractivity contribution in [1.29, 1.82) is 0 Å². The summed E-state index contributed by atoms with van der Waals surface area (Å²) in [6.07, 6.45) is 1.44. The molecular weight excluding hydrogens is 395 g/mol. The van der Waals surface area contributed by atoms with Crippen molar-refractivity contribution in [3.8, 4) is 17.2 Å². The first-order chi connectivity index (χ1) is 10.5. The zero-order valence-corrected chi connectivity index (χ0v) is 13.8. The number of halogens is 3. The molecule has 3 rings (SSSR count). The molecule has 0 fully saturated rings. The molecule has 2 heterocycles. The van der Waals surface area contributed by atoms with Crippen LogP contribution in [0, 0.1) is 0 Å². The van der Waals surface area contributed by atoms with Gasteiger partial charge in [0.2, 0.25) is 0 Å². The van der Waals surface area contributed by atoms with E-state index in [2.05, 4.69) is 36.1 Å². The van der Waals surface area contributed by atoms with Gasteiger partial charge in [0.05, 0.1) is 21.9 Å². The second kappa shape index (κ2) is 5.71. The van der Waals surface area contributed by atoms with Gasteiger partial charge in [0.15, 0.2) is 17.3 Å². The van der Waals surface area contributed by atoms with E-state index in [0.717, 1.165) is 0 Å². The van der Waals surface area contributed by atoms with E-state index in [4.69, 9.17) is 28.9 Å². The monoisotopic (exact) mass is 400 g/mol. The Balaban J connectivity index is 2.31. The van der Waals surface area contributed by atoms with Gasteiger partial charge in [0.25, 0.3) is 0 Å². The number of benzene rings is 1. The van der Waals surface area contributed by atoms with Crippen molar-refractivity contribution in [2.24, 2.45) is 0 Å². The Labute approximate surface area is 142 Å². The quantitative estimate of drug-likeness (QED) is 0.687. The molecule has 0 amide bonds. The highest BCUT2D eigenvalue weighted by atomic mass is 79.9. The van der Waals surface area contributed by atoms with Crippen LogP contribution in [0.5, 0.6) is 0 Å². The van der Waals surface area contributed by atoms with Crippen LogP contribution in [-0.4, -0.2) is 24.7 Å². The number of rotatable bonds is 2. The van der Waals surface area contributed by atoms with Crippen molar-refractivity contribution in [1.82, 2.24) is 24.7 Å². The molecule has 0 unspecified atom stereocenters. The van der Waals surface area contributed by atoms with Crippen LogP contribution < -0.4 is 11.4 Å². The Morgan fingerprint density at radius 1 is 1.32 bits per heavy atom. The second-order valence-electron chi connectivity index (χ2n) is 4.19. The van der Waals surface area contributed by atoms with Crippen LogP contribution in [-0.2, 0) is 0 Å². The van der Waals surface area contributed by atoms with Crippen LogP contribution in [0.1, 0.15) is 0 Å². The number of H-pyrrole nitrogens is 1. The van der Waals surface area contributed by atoms with Gasteiger partial charge in [-0.25, -0.2) is 24.4 Å². The maximum absolute atomic E-state index is 12.1. The fourth-order valence-corrected chi connectivity index (χ4v) is 2.55. The molecule has 7 nitrogen and oxygen atoms in total. The molecule has 22 heavy (non-hydrogen) atoms. The summed E-state index contributed by atoms with van der Waals surface area (Å²) in [7, 11) is 0. The van der Waals surface area contributed by atoms with Gasteiger partial charge in [-0.1, -0.05) is 29.3 Å². The summed E-state index contributed by atoms with van der Waals surface area (Å²) in [5.41, 5.74) is 5.93. The van der Waals surface area contributed by atoms with Gasteiger partial charge >= 0.3 is 5.69 Å². The third-order valence-electron chi connectivity index (χ3n) is 2.83. The van der Waals surface area contributed by atoms with Crippen LogP contribution in [0.4, 0.5) is 5.82 Å². The molecule has 2 aromatic heterocycles. The van der Waals surface area contributed by atoms with Crippen LogP contribution in [0.2, 0.25) is 10.0 Å². The Hall–Kier alpha value is -1.90. The molecule has 0 radical (unpaired) electrons. The summed E-state index contributed by atoms with van der Waals surface area (Å²) >= 11 is 15.4. The largest absolute Gasteiger partial charge is 0.382 e. The number of nitrogens with two attached hydrogens (primary N) is 1. The van der Waals surface area contributed by atoms with Gasteiger partial charge in [0.1, 0.15) is 4.60 Å². The highest BCUT2D eigenvalue weighted by Gasteiger charge is 2.19. The van der Waals surface area contributed by atoms with E-state index in [1.807, 2.05) is 0 Å². The summed E-state index contributed by atoms with van der Waals surface area (Å²) in [5, 5.41) is 6.83. The van der Waals surface area contributed by atoms with Gasteiger partial charge in [0, 0.05) is 0 Å². The predicted molar refractivity (Wildman–Crippen MR) is 87.3 cm³/mol. The lowest BCUT2D eigenvalue weighted by Crippen LogP contribution is -2.17. The minimum atomic E-state index is -0.500. The molecule has 112 valence electrons. The molecule has 0 bridgehead atoms. The van der Waals surface area contributed by atoms with Crippen LogP contribution in [0.3, 0.4) is 0 Å². The molecule has 0 saturated heterocycles. The van der Waals surface area contributed by atoms with Gasteiger partial charge in [-0.15, -0.1) is 0 Å². The van der Waals surface area contributed by atoms with Crippen molar-refractivity contribution in [2.45, 2.75) is 0 Å². The van der Waals surface area contributed by atoms with Gasteiger partial charge in [-0.2, -0.15) is 5.10 Å². The maximum Gasteiger partial charge on any atom is 0.348 e. The highest BCUT2D eigenvalue weighted by Crippen LogP contribution is 2.30. The first-order valence-corrected chi connectivity index (χ1v) is 7.44. The fraction of sp³-hybridized carbons (Fsp3) is 0. The highest BCUT2D eigenvalue weighted by molar-refractivity contribution is 9.10. The smallest absolute Gasteiger partial charge is 0.348 e. The molecule has 0 aliphatic carbocycles. The topological polar surface area (TPSA) is 102 Å². The SMILES string of the molecule is Nc1ncc(Br)nc1-c1n[nH]c(=O)n1-c1cccc(Cl)c1Cl. The second-order valence-corrected chi connectivity index (χ2v) is 5.78. The molecule has 0 atom stereocenters. The van der Waals surface area contributed by atoms with Crippen LogP contribution >= 0.6 is 39.1 Å². The first kappa shape index (κ1) is 15.0. The van der Waals surface area contributed by atoms with E-state index in [9.17, 15) is 4.79 Å². The number of nitrogens with one attached hydrogen (secondary N) is 1. The number of hydrogen-bond donors (Lipinski definition) is 2. The standard InChI is InChI=1S/C12H7BrCl2N6O/c13-7-4-17-10(16)9(18-7)11-19-20-12(22)21(11)6-3-1-2-5(14)8(6)15/h1-4H,(H2,16,17)(H,20,22). The molecule has 0 spiro atoms. The average molecular weight is 402 g/mol. The maximum atomic E-state index is 12.1. The lowest BCUT2D eigenvalue weighted by atomic mass is 10.3. The van der Waals surface area contributed by atoms with Crippen LogP contribution in [0.15, 0.2) is 33.8 Å². The van der Waals surface area contributed by atoms with Gasteiger partial charge < -0.3 is 5.73 Å². The molecule has 3 aromatic rings. The van der Waals surface area contributed by atoms with E-state index in [0.29, 0.717) is 15.3 Å². The Kier molecular flexibility index (Phi) is 3.90. The molecule has 10 heteroatoms. The van der Waals surface area contributed by atoms with E-state index in [-0.39, 0.29) is 22.4 Å². The fourth-order valence-electron chi connectivity index (χ4n) is 1.89.